The molecular weight excluding hydrogens is 311 g/mol. The molecule has 0 N–H and O–H groups in total. The Morgan fingerprint density at radius 2 is 1.95 bits per heavy atom. The summed E-state index contributed by atoms with van der Waals surface area (Å²) < 4.78 is 13.7. The molecule has 1 aromatic carbocycles. The quantitative estimate of drug-likeness (QED) is 0.800. The summed E-state index contributed by atoms with van der Waals surface area (Å²) in [7, 11) is 3.93. The molecule has 0 aliphatic heterocycles. The number of carbonyl (C=O) groups excluding carboxylic acids is 1. The number of likely N-dealkylation sites (N-methyl/N-ethyl adjacent to an activating group) is 1. The summed E-state index contributed by atoms with van der Waals surface area (Å²) >= 11 is 3.15. The molecule has 0 atom stereocenters. The van der Waals surface area contributed by atoms with E-state index >= 15 is 0 Å². The van der Waals surface area contributed by atoms with Crippen molar-refractivity contribution in [3.63, 3.8) is 0 Å². The van der Waals surface area contributed by atoms with Gasteiger partial charge in [-0.1, -0.05) is 13.0 Å². The van der Waals surface area contributed by atoms with Crippen LogP contribution in [0.15, 0.2) is 22.7 Å². The first-order chi connectivity index (χ1) is 8.97. The van der Waals surface area contributed by atoms with Gasteiger partial charge in [-0.2, -0.15) is 0 Å². The van der Waals surface area contributed by atoms with Gasteiger partial charge in [0.05, 0.1) is 10.0 Å². The molecule has 1 rings (SSSR count). The first kappa shape index (κ1) is 16.1. The molecule has 0 aliphatic rings. The van der Waals surface area contributed by atoms with Crippen molar-refractivity contribution in [2.24, 2.45) is 0 Å². The average molecular weight is 331 g/mol. The zero-order valence-electron chi connectivity index (χ0n) is 11.6. The summed E-state index contributed by atoms with van der Waals surface area (Å²) in [6.07, 6.45) is 0.881. The monoisotopic (exact) mass is 330 g/mol. The lowest BCUT2D eigenvalue weighted by atomic mass is 10.2. The van der Waals surface area contributed by atoms with Crippen LogP contribution in [-0.4, -0.2) is 49.4 Å². The van der Waals surface area contributed by atoms with Gasteiger partial charge in [-0.15, -0.1) is 0 Å². The molecule has 106 valence electrons. The Morgan fingerprint density at radius 3 is 2.53 bits per heavy atom. The third kappa shape index (κ3) is 4.58. The van der Waals surface area contributed by atoms with Crippen molar-refractivity contribution in [2.75, 3.05) is 33.7 Å². The Balaban J connectivity index is 2.89. The maximum absolute atomic E-state index is 13.5. The van der Waals surface area contributed by atoms with Crippen LogP contribution in [0.5, 0.6) is 0 Å². The third-order valence-corrected chi connectivity index (χ3v) is 3.59. The van der Waals surface area contributed by atoms with Crippen LogP contribution in [-0.2, 0) is 0 Å². The van der Waals surface area contributed by atoms with Crippen LogP contribution in [0.25, 0.3) is 0 Å². The van der Waals surface area contributed by atoms with E-state index in [0.29, 0.717) is 18.7 Å². The Kier molecular flexibility index (Phi) is 6.45. The number of rotatable bonds is 6. The van der Waals surface area contributed by atoms with Crippen molar-refractivity contribution in [3.8, 4) is 0 Å². The molecule has 3 nitrogen and oxygen atoms in total. The molecule has 0 saturated carbocycles. The molecule has 0 heterocycles. The Bertz CT molecular complexity index is 437. The lowest BCUT2D eigenvalue weighted by Gasteiger charge is -2.24. The minimum atomic E-state index is -0.407. The van der Waals surface area contributed by atoms with E-state index in [1.54, 1.807) is 17.0 Å². The molecule has 0 radical (unpaired) electrons. The Hall–Kier alpha value is -0.940. The zero-order valence-corrected chi connectivity index (χ0v) is 13.2. The van der Waals surface area contributed by atoms with Crippen LogP contribution >= 0.6 is 15.9 Å². The number of nitrogens with zero attached hydrogens (tertiary/aromatic N) is 2. The van der Waals surface area contributed by atoms with E-state index in [1.807, 2.05) is 25.9 Å². The van der Waals surface area contributed by atoms with Gasteiger partial charge in [0.2, 0.25) is 0 Å². The summed E-state index contributed by atoms with van der Waals surface area (Å²) in [5.41, 5.74) is 0.382. The maximum Gasteiger partial charge on any atom is 0.255 e. The Morgan fingerprint density at radius 1 is 1.26 bits per heavy atom. The van der Waals surface area contributed by atoms with Gasteiger partial charge in [-0.25, -0.2) is 4.39 Å². The second-order valence-corrected chi connectivity index (χ2v) is 5.49. The van der Waals surface area contributed by atoms with Crippen molar-refractivity contribution in [2.45, 2.75) is 13.3 Å². The first-order valence-electron chi connectivity index (χ1n) is 6.35. The van der Waals surface area contributed by atoms with Crippen molar-refractivity contribution in [1.82, 2.24) is 9.80 Å². The van der Waals surface area contributed by atoms with Gasteiger partial charge >= 0.3 is 0 Å². The number of hydrogen-bond donors (Lipinski definition) is 0. The number of halogens is 2. The standard InChI is InChI=1S/C14H20BrFN2O/c1-4-8-18(10-9-17(2)3)14(19)11-6-5-7-12(16)13(11)15/h5-7H,4,8-10H2,1-3H3. The predicted octanol–water partition coefficient (Wildman–Crippen LogP) is 3.00. The van der Waals surface area contributed by atoms with Crippen LogP contribution in [0.2, 0.25) is 0 Å². The van der Waals surface area contributed by atoms with E-state index < -0.39 is 5.82 Å². The summed E-state index contributed by atoms with van der Waals surface area (Å²) in [5, 5.41) is 0. The largest absolute Gasteiger partial charge is 0.337 e. The number of amides is 1. The molecule has 0 spiro atoms. The van der Waals surface area contributed by atoms with Crippen molar-refractivity contribution >= 4 is 21.8 Å². The van der Waals surface area contributed by atoms with Crippen molar-refractivity contribution in [1.29, 1.82) is 0 Å². The number of hydrogen-bond acceptors (Lipinski definition) is 2. The fourth-order valence-electron chi connectivity index (χ4n) is 1.74. The molecule has 0 aromatic heterocycles. The number of carbonyl (C=O) groups is 1. The highest BCUT2D eigenvalue weighted by Gasteiger charge is 2.19. The molecule has 0 aliphatic carbocycles. The molecule has 0 fully saturated rings. The first-order valence-corrected chi connectivity index (χ1v) is 7.14. The van der Waals surface area contributed by atoms with Gasteiger partial charge in [-0.3, -0.25) is 4.79 Å². The highest BCUT2D eigenvalue weighted by Crippen LogP contribution is 2.22. The van der Waals surface area contributed by atoms with Crippen LogP contribution in [0.3, 0.4) is 0 Å². The molecule has 19 heavy (non-hydrogen) atoms. The summed E-state index contributed by atoms with van der Waals surface area (Å²) in [5.74, 6) is -0.537. The van der Waals surface area contributed by atoms with E-state index in [1.165, 1.54) is 6.07 Å². The lowest BCUT2D eigenvalue weighted by Crippen LogP contribution is -2.37. The Labute approximate surface area is 122 Å². The molecule has 0 unspecified atom stereocenters. The molecular formula is C14H20BrFN2O. The van der Waals surface area contributed by atoms with Crippen LogP contribution in [0, 0.1) is 5.82 Å². The molecule has 1 amide bonds. The molecule has 0 saturated heterocycles. The smallest absolute Gasteiger partial charge is 0.255 e. The van der Waals surface area contributed by atoms with E-state index in [9.17, 15) is 9.18 Å². The van der Waals surface area contributed by atoms with Crippen LogP contribution in [0.1, 0.15) is 23.7 Å². The zero-order chi connectivity index (χ0) is 14.4. The summed E-state index contributed by atoms with van der Waals surface area (Å²) in [6, 6.07) is 4.54. The van der Waals surface area contributed by atoms with E-state index in [0.717, 1.165) is 13.0 Å². The molecule has 0 bridgehead atoms. The van der Waals surface area contributed by atoms with Crippen LogP contribution < -0.4 is 0 Å². The molecule has 1 aromatic rings. The van der Waals surface area contributed by atoms with Gasteiger partial charge in [-0.05, 0) is 48.6 Å². The van der Waals surface area contributed by atoms with Gasteiger partial charge in [0.15, 0.2) is 0 Å². The van der Waals surface area contributed by atoms with E-state index in [2.05, 4.69) is 15.9 Å². The fraction of sp³-hybridized carbons (Fsp3) is 0.500. The topological polar surface area (TPSA) is 23.6 Å². The van der Waals surface area contributed by atoms with E-state index in [4.69, 9.17) is 0 Å². The van der Waals surface area contributed by atoms with Crippen molar-refractivity contribution < 1.29 is 9.18 Å². The van der Waals surface area contributed by atoms with Gasteiger partial charge in [0.25, 0.3) is 5.91 Å². The van der Waals surface area contributed by atoms with Crippen LogP contribution in [0.4, 0.5) is 4.39 Å². The number of benzene rings is 1. The minimum absolute atomic E-state index is 0.130. The highest BCUT2D eigenvalue weighted by atomic mass is 79.9. The lowest BCUT2D eigenvalue weighted by molar-refractivity contribution is 0.0743. The SMILES string of the molecule is CCCN(CCN(C)C)C(=O)c1cccc(F)c1Br. The van der Waals surface area contributed by atoms with Gasteiger partial charge in [0, 0.05) is 19.6 Å². The van der Waals surface area contributed by atoms with Gasteiger partial charge in [0.1, 0.15) is 5.82 Å². The predicted molar refractivity (Wildman–Crippen MR) is 78.8 cm³/mol. The maximum atomic E-state index is 13.5. The summed E-state index contributed by atoms with van der Waals surface area (Å²) in [6.45, 7) is 4.13. The third-order valence-electron chi connectivity index (χ3n) is 2.78. The molecule has 5 heteroatoms. The highest BCUT2D eigenvalue weighted by molar-refractivity contribution is 9.10. The fourth-order valence-corrected chi connectivity index (χ4v) is 2.18. The average Bonchev–Trinajstić information content (AvgIpc) is 2.37. The minimum Gasteiger partial charge on any atom is -0.337 e. The summed E-state index contributed by atoms with van der Waals surface area (Å²) in [4.78, 5) is 16.2. The normalized spacial score (nSPS) is 10.8. The second kappa shape index (κ2) is 7.60. The van der Waals surface area contributed by atoms with E-state index in [-0.39, 0.29) is 10.4 Å². The van der Waals surface area contributed by atoms with Gasteiger partial charge < -0.3 is 9.80 Å². The second-order valence-electron chi connectivity index (χ2n) is 4.70. The van der Waals surface area contributed by atoms with Crippen molar-refractivity contribution in [3.05, 3.63) is 34.1 Å².